The van der Waals surface area contributed by atoms with Gasteiger partial charge in [-0.25, -0.2) is 0 Å². The van der Waals surface area contributed by atoms with E-state index >= 15 is 0 Å². The molecule has 0 heterocycles. The van der Waals surface area contributed by atoms with Crippen LogP contribution < -0.4 is 4.74 Å². The average Bonchev–Trinajstić information content (AvgIpc) is 2.62. The average molecular weight is 306 g/mol. The minimum absolute atomic E-state index is 0.178. The van der Waals surface area contributed by atoms with Crippen molar-refractivity contribution in [1.29, 1.82) is 0 Å². The number of phenols is 1. The van der Waals surface area contributed by atoms with Crippen LogP contribution in [0.4, 0.5) is 0 Å². The van der Waals surface area contributed by atoms with E-state index in [0.717, 1.165) is 11.1 Å². The number of rotatable bonds is 5. The van der Waals surface area contributed by atoms with Gasteiger partial charge in [-0.1, -0.05) is 60.7 Å². The third-order valence-electron chi connectivity index (χ3n) is 3.66. The maximum atomic E-state index is 10.8. The van der Waals surface area contributed by atoms with Crippen LogP contribution in [0.2, 0.25) is 0 Å². The molecule has 0 aliphatic carbocycles. The Morgan fingerprint density at radius 2 is 1.17 bits per heavy atom. The largest absolute Gasteiger partial charge is 0.508 e. The Morgan fingerprint density at radius 3 is 1.74 bits per heavy atom. The van der Waals surface area contributed by atoms with E-state index in [-0.39, 0.29) is 5.75 Å². The number of phenolic OH excluding ortho intramolecular Hbond substituents is 1. The lowest BCUT2D eigenvalue weighted by Crippen LogP contribution is -2.17. The number of aliphatic hydroxyl groups excluding tert-OH is 1. The molecule has 3 nitrogen and oxygen atoms in total. The van der Waals surface area contributed by atoms with Crippen molar-refractivity contribution in [3.63, 3.8) is 0 Å². The number of hydrogen-bond acceptors (Lipinski definition) is 3. The van der Waals surface area contributed by atoms with Gasteiger partial charge in [0.1, 0.15) is 17.6 Å². The van der Waals surface area contributed by atoms with Gasteiger partial charge in [0.25, 0.3) is 0 Å². The van der Waals surface area contributed by atoms with Crippen molar-refractivity contribution in [3.05, 3.63) is 96.1 Å². The van der Waals surface area contributed by atoms with Crippen LogP contribution in [0.3, 0.4) is 0 Å². The molecule has 2 unspecified atom stereocenters. The predicted octanol–water partition coefficient (Wildman–Crippen LogP) is 4.25. The van der Waals surface area contributed by atoms with E-state index < -0.39 is 12.2 Å². The van der Waals surface area contributed by atoms with Gasteiger partial charge in [0.05, 0.1) is 0 Å². The van der Waals surface area contributed by atoms with E-state index in [4.69, 9.17) is 4.74 Å². The van der Waals surface area contributed by atoms with Crippen LogP contribution >= 0.6 is 0 Å². The zero-order valence-corrected chi connectivity index (χ0v) is 12.5. The Morgan fingerprint density at radius 1 is 0.652 bits per heavy atom. The summed E-state index contributed by atoms with van der Waals surface area (Å²) in [6.07, 6.45) is -1.34. The molecule has 0 spiro atoms. The van der Waals surface area contributed by atoms with E-state index in [1.807, 2.05) is 60.7 Å². The molecule has 0 saturated heterocycles. The van der Waals surface area contributed by atoms with Crippen LogP contribution in [-0.2, 0) is 0 Å². The van der Waals surface area contributed by atoms with E-state index in [0.29, 0.717) is 5.75 Å². The molecular weight excluding hydrogens is 288 g/mol. The number of aromatic hydroxyl groups is 1. The fourth-order valence-electron chi connectivity index (χ4n) is 2.45. The second-order valence-corrected chi connectivity index (χ2v) is 5.30. The normalized spacial score (nSPS) is 13.3. The topological polar surface area (TPSA) is 49.7 Å². The van der Waals surface area contributed by atoms with Gasteiger partial charge in [-0.3, -0.25) is 0 Å². The lowest BCUT2D eigenvalue weighted by Gasteiger charge is -2.25. The Bertz CT molecular complexity index is 724. The molecule has 0 aromatic heterocycles. The Labute approximate surface area is 135 Å². The van der Waals surface area contributed by atoms with Crippen LogP contribution in [0.1, 0.15) is 23.3 Å². The van der Waals surface area contributed by atoms with Gasteiger partial charge >= 0.3 is 0 Å². The maximum Gasteiger partial charge on any atom is 0.154 e. The summed E-state index contributed by atoms with van der Waals surface area (Å²) in [6, 6.07) is 25.5. The molecule has 2 atom stereocenters. The van der Waals surface area contributed by atoms with Crippen molar-refractivity contribution in [3.8, 4) is 11.5 Å². The molecule has 116 valence electrons. The molecule has 0 saturated carbocycles. The highest BCUT2D eigenvalue weighted by molar-refractivity contribution is 5.32. The van der Waals surface area contributed by atoms with Crippen molar-refractivity contribution in [2.45, 2.75) is 12.2 Å². The van der Waals surface area contributed by atoms with Crippen LogP contribution in [-0.4, -0.2) is 10.2 Å². The lowest BCUT2D eigenvalue weighted by atomic mass is 9.98. The number of benzene rings is 3. The van der Waals surface area contributed by atoms with Gasteiger partial charge < -0.3 is 14.9 Å². The molecule has 2 N–H and O–H groups in total. The quantitative estimate of drug-likeness (QED) is 0.741. The first-order valence-electron chi connectivity index (χ1n) is 7.48. The second kappa shape index (κ2) is 6.99. The van der Waals surface area contributed by atoms with Gasteiger partial charge in [-0.15, -0.1) is 0 Å². The molecule has 3 heteroatoms. The first-order chi connectivity index (χ1) is 11.2. The highest BCUT2D eigenvalue weighted by atomic mass is 16.5. The third kappa shape index (κ3) is 3.71. The number of ether oxygens (including phenoxy) is 1. The van der Waals surface area contributed by atoms with Crippen LogP contribution in [0.15, 0.2) is 84.9 Å². The van der Waals surface area contributed by atoms with Crippen molar-refractivity contribution >= 4 is 0 Å². The summed E-state index contributed by atoms with van der Waals surface area (Å²) in [4.78, 5) is 0. The monoisotopic (exact) mass is 306 g/mol. The lowest BCUT2D eigenvalue weighted by molar-refractivity contribution is 0.0343. The second-order valence-electron chi connectivity index (χ2n) is 5.30. The maximum absolute atomic E-state index is 10.8. The summed E-state index contributed by atoms with van der Waals surface area (Å²) in [7, 11) is 0. The summed E-state index contributed by atoms with van der Waals surface area (Å²) in [5.41, 5.74) is 1.68. The van der Waals surface area contributed by atoms with Gasteiger partial charge in [0, 0.05) is 0 Å². The summed E-state index contributed by atoms with van der Waals surface area (Å²) < 4.78 is 6.01. The standard InChI is InChI=1S/C20H18O3/c21-17-11-13-18(14-12-17)23-20(16-9-5-2-6-10-16)19(22)15-7-3-1-4-8-15/h1-14,19-22H. The molecule has 3 rings (SSSR count). The third-order valence-corrected chi connectivity index (χ3v) is 3.66. The van der Waals surface area contributed by atoms with Crippen molar-refractivity contribution in [2.75, 3.05) is 0 Å². The van der Waals surface area contributed by atoms with Crippen molar-refractivity contribution < 1.29 is 14.9 Å². The minimum atomic E-state index is -0.799. The molecule has 3 aromatic carbocycles. The highest BCUT2D eigenvalue weighted by Gasteiger charge is 2.24. The van der Waals surface area contributed by atoms with E-state index in [1.165, 1.54) is 0 Å². The van der Waals surface area contributed by atoms with E-state index in [2.05, 4.69) is 0 Å². The Hall–Kier alpha value is -2.78. The van der Waals surface area contributed by atoms with E-state index in [9.17, 15) is 10.2 Å². The molecule has 0 bridgehead atoms. The summed E-state index contributed by atoms with van der Waals surface area (Å²) in [5, 5.41) is 20.2. The van der Waals surface area contributed by atoms with Crippen molar-refractivity contribution in [1.82, 2.24) is 0 Å². The fourth-order valence-corrected chi connectivity index (χ4v) is 2.45. The molecular formula is C20H18O3. The molecule has 0 amide bonds. The number of aliphatic hydroxyl groups is 1. The predicted molar refractivity (Wildman–Crippen MR) is 89.3 cm³/mol. The van der Waals surface area contributed by atoms with Gasteiger partial charge in [0.2, 0.25) is 0 Å². The summed E-state index contributed by atoms with van der Waals surface area (Å²) in [5.74, 6) is 0.767. The number of hydrogen-bond donors (Lipinski definition) is 2. The smallest absolute Gasteiger partial charge is 0.154 e. The first kappa shape index (κ1) is 15.1. The Kier molecular flexibility index (Phi) is 4.60. The molecule has 0 fully saturated rings. The van der Waals surface area contributed by atoms with Crippen molar-refractivity contribution in [2.24, 2.45) is 0 Å². The van der Waals surface area contributed by atoms with Crippen LogP contribution in [0, 0.1) is 0 Å². The molecule has 0 aliphatic rings. The zero-order valence-electron chi connectivity index (χ0n) is 12.5. The molecule has 0 aliphatic heterocycles. The molecule has 3 aromatic rings. The van der Waals surface area contributed by atoms with Gasteiger partial charge in [-0.2, -0.15) is 0 Å². The fraction of sp³-hybridized carbons (Fsp3) is 0.100. The minimum Gasteiger partial charge on any atom is -0.508 e. The summed E-state index contributed by atoms with van der Waals surface area (Å²) in [6.45, 7) is 0. The zero-order chi connectivity index (χ0) is 16.1. The molecule has 23 heavy (non-hydrogen) atoms. The Balaban J connectivity index is 1.92. The SMILES string of the molecule is Oc1ccc(OC(c2ccccc2)C(O)c2ccccc2)cc1. The van der Waals surface area contributed by atoms with Gasteiger partial charge in [-0.05, 0) is 35.4 Å². The molecule has 0 radical (unpaired) electrons. The highest BCUT2D eigenvalue weighted by Crippen LogP contribution is 2.33. The first-order valence-corrected chi connectivity index (χ1v) is 7.48. The van der Waals surface area contributed by atoms with Crippen LogP contribution in [0.25, 0.3) is 0 Å². The summed E-state index contributed by atoms with van der Waals surface area (Å²) >= 11 is 0. The van der Waals surface area contributed by atoms with Crippen LogP contribution in [0.5, 0.6) is 11.5 Å². The van der Waals surface area contributed by atoms with Gasteiger partial charge in [0.15, 0.2) is 6.10 Å². The van der Waals surface area contributed by atoms with E-state index in [1.54, 1.807) is 24.3 Å².